The summed E-state index contributed by atoms with van der Waals surface area (Å²) < 4.78 is 14.3. The highest BCUT2D eigenvalue weighted by atomic mass is 32.2. The van der Waals surface area contributed by atoms with Gasteiger partial charge in [0.1, 0.15) is 5.78 Å². The molecule has 0 aromatic rings. The van der Waals surface area contributed by atoms with Crippen LogP contribution in [0.3, 0.4) is 0 Å². The number of rotatable bonds is 4. The van der Waals surface area contributed by atoms with E-state index in [1.54, 1.807) is 0 Å². The van der Waals surface area contributed by atoms with Gasteiger partial charge in [-0.3, -0.25) is 4.79 Å². The lowest BCUT2D eigenvalue weighted by Crippen LogP contribution is -2.45. The molecule has 84 valence electrons. The van der Waals surface area contributed by atoms with E-state index in [0.717, 1.165) is 0 Å². The van der Waals surface area contributed by atoms with Crippen LogP contribution in [0.2, 0.25) is 0 Å². The van der Waals surface area contributed by atoms with Crippen molar-refractivity contribution in [3.05, 3.63) is 0 Å². The Morgan fingerprint density at radius 1 is 1.29 bits per heavy atom. The fourth-order valence-corrected chi connectivity index (χ4v) is 2.00. The van der Waals surface area contributed by atoms with Gasteiger partial charge in [-0.1, -0.05) is 13.8 Å². The molecule has 0 heterocycles. The first-order valence-corrected chi connectivity index (χ1v) is 5.99. The second-order valence-electron chi connectivity index (χ2n) is 4.83. The molecule has 0 rings (SSSR count). The zero-order valence-electron chi connectivity index (χ0n) is 9.88. The zero-order valence-corrected chi connectivity index (χ0v) is 10.7. The van der Waals surface area contributed by atoms with Gasteiger partial charge in [0.15, 0.2) is 0 Å². The molecule has 0 aliphatic carbocycles. The van der Waals surface area contributed by atoms with Crippen LogP contribution in [0.5, 0.6) is 0 Å². The van der Waals surface area contributed by atoms with E-state index >= 15 is 0 Å². The average Bonchev–Trinajstić information content (AvgIpc) is 1.96. The van der Waals surface area contributed by atoms with Crippen molar-refractivity contribution in [3.63, 3.8) is 0 Å². The average molecular weight is 219 g/mol. The minimum absolute atomic E-state index is 0.0394. The minimum Gasteiger partial charge on any atom is -0.298 e. The molecule has 0 aromatic heterocycles. The molecule has 0 amide bonds. The molecule has 1 N–H and O–H groups in total. The summed E-state index contributed by atoms with van der Waals surface area (Å²) in [5.74, 6) is 0.205. The fourth-order valence-electron chi connectivity index (χ4n) is 0.981. The van der Waals surface area contributed by atoms with Gasteiger partial charge in [0.05, 0.1) is 21.8 Å². The highest BCUT2D eigenvalue weighted by Crippen LogP contribution is 2.12. The van der Waals surface area contributed by atoms with Gasteiger partial charge in [0.2, 0.25) is 0 Å². The van der Waals surface area contributed by atoms with Crippen molar-refractivity contribution < 1.29 is 9.00 Å². The maximum Gasteiger partial charge on any atom is 0.147 e. The molecule has 4 heteroatoms. The van der Waals surface area contributed by atoms with E-state index in [-0.39, 0.29) is 22.5 Å². The summed E-state index contributed by atoms with van der Waals surface area (Å²) in [6, 6.07) is -0.310. The second-order valence-corrected chi connectivity index (χ2v) is 6.83. The van der Waals surface area contributed by atoms with Gasteiger partial charge in [-0.05, 0) is 33.6 Å². The third-order valence-electron chi connectivity index (χ3n) is 1.89. The van der Waals surface area contributed by atoms with Crippen molar-refractivity contribution in [2.45, 2.75) is 52.3 Å². The van der Waals surface area contributed by atoms with Crippen molar-refractivity contribution in [2.75, 3.05) is 0 Å². The van der Waals surface area contributed by atoms with Gasteiger partial charge >= 0.3 is 0 Å². The quantitative estimate of drug-likeness (QED) is 0.781. The van der Waals surface area contributed by atoms with Crippen LogP contribution in [-0.4, -0.2) is 20.8 Å². The number of carbonyl (C=O) groups excluding carboxylic acids is 1. The third kappa shape index (κ3) is 4.33. The Balaban J connectivity index is 4.48. The summed E-state index contributed by atoms with van der Waals surface area (Å²) in [4.78, 5) is 11.3. The van der Waals surface area contributed by atoms with Crippen LogP contribution >= 0.6 is 0 Å². The lowest BCUT2D eigenvalue weighted by atomic mass is 10.0. The maximum atomic E-state index is 11.7. The fraction of sp³-hybridized carbons (Fsp3) is 0.900. The smallest absolute Gasteiger partial charge is 0.147 e. The number of hydrogen-bond acceptors (Lipinski definition) is 2. The molecule has 0 saturated carbocycles. The van der Waals surface area contributed by atoms with Gasteiger partial charge in [-0.25, -0.2) is 8.93 Å². The van der Waals surface area contributed by atoms with E-state index in [1.165, 1.54) is 6.92 Å². The Labute approximate surface area is 89.2 Å². The number of carbonyl (C=O) groups is 1. The Bertz CT molecular complexity index is 231. The van der Waals surface area contributed by atoms with E-state index in [0.29, 0.717) is 0 Å². The van der Waals surface area contributed by atoms with Crippen LogP contribution in [-0.2, 0) is 15.8 Å². The standard InChI is InChI=1S/C10H21NO2S/c1-7(2)9(8(3)12)11-14(13)10(4,5)6/h7,9,11H,1-6H3/t9-,14?/m1/s1. The van der Waals surface area contributed by atoms with Gasteiger partial charge in [0.25, 0.3) is 0 Å². The minimum atomic E-state index is -1.18. The molecule has 0 aliphatic heterocycles. The van der Waals surface area contributed by atoms with Gasteiger partial charge < -0.3 is 0 Å². The van der Waals surface area contributed by atoms with E-state index in [2.05, 4.69) is 4.72 Å². The Kier molecular flexibility index (Phi) is 4.95. The van der Waals surface area contributed by atoms with Crippen molar-refractivity contribution in [3.8, 4) is 0 Å². The topological polar surface area (TPSA) is 46.2 Å². The van der Waals surface area contributed by atoms with Crippen LogP contribution in [0, 0.1) is 5.92 Å². The number of hydrogen-bond donors (Lipinski definition) is 1. The van der Waals surface area contributed by atoms with Crippen molar-refractivity contribution in [1.82, 2.24) is 4.72 Å². The molecule has 0 bridgehead atoms. The lowest BCUT2D eigenvalue weighted by Gasteiger charge is -2.24. The summed E-state index contributed by atoms with van der Waals surface area (Å²) in [6.07, 6.45) is 0. The third-order valence-corrected chi connectivity index (χ3v) is 3.48. The first-order valence-electron chi connectivity index (χ1n) is 4.84. The molecule has 2 atom stereocenters. The van der Waals surface area contributed by atoms with E-state index in [1.807, 2.05) is 34.6 Å². The van der Waals surface area contributed by atoms with Crippen LogP contribution < -0.4 is 4.72 Å². The zero-order chi connectivity index (χ0) is 11.5. The van der Waals surface area contributed by atoms with Crippen LogP contribution in [0.1, 0.15) is 41.5 Å². The van der Waals surface area contributed by atoms with Crippen LogP contribution in [0.4, 0.5) is 0 Å². The second kappa shape index (κ2) is 5.03. The van der Waals surface area contributed by atoms with Gasteiger partial charge in [-0.15, -0.1) is 0 Å². The predicted octanol–water partition coefficient (Wildman–Crippen LogP) is 1.65. The van der Waals surface area contributed by atoms with Crippen molar-refractivity contribution >= 4 is 16.8 Å². The lowest BCUT2D eigenvalue weighted by molar-refractivity contribution is -0.119. The molecule has 0 aliphatic rings. The van der Waals surface area contributed by atoms with Gasteiger partial charge in [-0.2, -0.15) is 0 Å². The predicted molar refractivity (Wildman–Crippen MR) is 60.3 cm³/mol. The molecule has 0 saturated heterocycles. The molecule has 3 nitrogen and oxygen atoms in total. The first-order chi connectivity index (χ1) is 6.16. The Hall–Kier alpha value is -0.220. The van der Waals surface area contributed by atoms with Crippen LogP contribution in [0.25, 0.3) is 0 Å². The summed E-state index contributed by atoms with van der Waals surface area (Å²) in [7, 11) is -1.18. The summed E-state index contributed by atoms with van der Waals surface area (Å²) in [5.41, 5.74) is 0. The maximum absolute atomic E-state index is 11.7. The van der Waals surface area contributed by atoms with Gasteiger partial charge in [0, 0.05) is 0 Å². The molecule has 0 spiro atoms. The molecular formula is C10H21NO2S. The summed E-state index contributed by atoms with van der Waals surface area (Å²) in [6.45, 7) is 11.1. The number of ketones is 1. The SMILES string of the molecule is CC(=O)[C@H](NS(=O)C(C)(C)C)C(C)C. The largest absolute Gasteiger partial charge is 0.298 e. The first kappa shape index (κ1) is 13.8. The molecule has 14 heavy (non-hydrogen) atoms. The van der Waals surface area contributed by atoms with E-state index in [9.17, 15) is 9.00 Å². The summed E-state index contributed by atoms with van der Waals surface area (Å²) in [5, 5.41) is 0. The molecule has 0 fully saturated rings. The summed E-state index contributed by atoms with van der Waals surface area (Å²) >= 11 is 0. The van der Waals surface area contributed by atoms with Crippen molar-refractivity contribution in [2.24, 2.45) is 5.92 Å². The van der Waals surface area contributed by atoms with E-state index < -0.39 is 11.0 Å². The number of Topliss-reactive ketones (excluding diaryl/α,β-unsaturated/α-hetero) is 1. The molecule has 0 radical (unpaired) electrons. The van der Waals surface area contributed by atoms with Crippen molar-refractivity contribution in [1.29, 1.82) is 0 Å². The molecular weight excluding hydrogens is 198 g/mol. The monoisotopic (exact) mass is 219 g/mol. The highest BCUT2D eigenvalue weighted by molar-refractivity contribution is 7.84. The molecule has 1 unspecified atom stereocenters. The Morgan fingerprint density at radius 2 is 1.71 bits per heavy atom. The number of nitrogens with one attached hydrogen (secondary N) is 1. The van der Waals surface area contributed by atoms with E-state index in [4.69, 9.17) is 0 Å². The Morgan fingerprint density at radius 3 is 1.93 bits per heavy atom. The molecule has 0 aromatic carbocycles. The highest BCUT2D eigenvalue weighted by Gasteiger charge is 2.26. The van der Waals surface area contributed by atoms with Crippen LogP contribution in [0.15, 0.2) is 0 Å². The normalized spacial score (nSPS) is 16.8.